The first-order valence-electron chi connectivity index (χ1n) is 7.71. The van der Waals surface area contributed by atoms with Crippen molar-refractivity contribution in [1.29, 1.82) is 0 Å². The van der Waals surface area contributed by atoms with Crippen molar-refractivity contribution in [2.45, 2.75) is 4.34 Å². The van der Waals surface area contributed by atoms with Crippen LogP contribution in [0.15, 0.2) is 57.1 Å². The lowest BCUT2D eigenvalue weighted by Crippen LogP contribution is -3.00. The SMILES string of the molecule is COc1ccccc1C=C1Sc2scc(-c3ccc(O)c(O)c3)[n+]2C1=O.[Cl-]. The zero-order valence-corrected chi connectivity index (χ0v) is 16.4. The Kier molecular flexibility index (Phi) is 5.46. The summed E-state index contributed by atoms with van der Waals surface area (Å²) in [4.78, 5) is 13.5. The second-order valence-electron chi connectivity index (χ2n) is 5.58. The predicted molar refractivity (Wildman–Crippen MR) is 101 cm³/mol. The Morgan fingerprint density at radius 1 is 1.11 bits per heavy atom. The largest absolute Gasteiger partial charge is 1.00 e. The van der Waals surface area contributed by atoms with E-state index in [2.05, 4.69) is 0 Å². The van der Waals surface area contributed by atoms with Gasteiger partial charge in [-0.3, -0.25) is 0 Å². The molecule has 0 amide bonds. The maximum Gasteiger partial charge on any atom is 0.433 e. The lowest BCUT2D eigenvalue weighted by Gasteiger charge is -2.03. The van der Waals surface area contributed by atoms with Gasteiger partial charge >= 0.3 is 10.2 Å². The van der Waals surface area contributed by atoms with Crippen LogP contribution in [0.3, 0.4) is 0 Å². The fourth-order valence-electron chi connectivity index (χ4n) is 2.72. The average molecular weight is 420 g/mol. The first kappa shape index (κ1) is 19.3. The molecule has 1 aliphatic rings. The topological polar surface area (TPSA) is 70.6 Å². The Morgan fingerprint density at radius 3 is 2.63 bits per heavy atom. The molecule has 0 atom stereocenters. The van der Waals surface area contributed by atoms with Crippen LogP contribution in [-0.4, -0.2) is 23.2 Å². The maximum atomic E-state index is 12.9. The van der Waals surface area contributed by atoms with Crippen molar-refractivity contribution in [2.24, 2.45) is 0 Å². The third-order valence-corrected chi connectivity index (χ3v) is 6.14. The Morgan fingerprint density at radius 2 is 1.89 bits per heavy atom. The lowest BCUT2D eigenvalue weighted by atomic mass is 10.1. The van der Waals surface area contributed by atoms with E-state index in [1.165, 1.54) is 35.2 Å². The summed E-state index contributed by atoms with van der Waals surface area (Å²) in [6, 6.07) is 12.1. The minimum Gasteiger partial charge on any atom is -1.00 e. The summed E-state index contributed by atoms with van der Waals surface area (Å²) in [6.45, 7) is 0. The van der Waals surface area contributed by atoms with Gasteiger partial charge in [0.1, 0.15) is 10.7 Å². The van der Waals surface area contributed by atoms with Gasteiger partial charge in [0.05, 0.1) is 18.1 Å². The minimum atomic E-state index is -0.217. The van der Waals surface area contributed by atoms with Crippen molar-refractivity contribution in [3.8, 4) is 28.5 Å². The number of halogens is 1. The molecule has 0 saturated carbocycles. The van der Waals surface area contributed by atoms with Gasteiger partial charge < -0.3 is 27.4 Å². The van der Waals surface area contributed by atoms with E-state index in [4.69, 9.17) is 4.74 Å². The molecule has 0 saturated heterocycles. The van der Waals surface area contributed by atoms with E-state index in [1.54, 1.807) is 17.7 Å². The van der Waals surface area contributed by atoms with Crippen LogP contribution in [0.4, 0.5) is 0 Å². The normalized spacial score (nSPS) is 14.1. The number of hydrogen-bond acceptors (Lipinski definition) is 6. The minimum absolute atomic E-state index is 0. The van der Waals surface area contributed by atoms with Gasteiger partial charge in [0.25, 0.3) is 0 Å². The van der Waals surface area contributed by atoms with E-state index in [0.29, 0.717) is 21.9 Å². The van der Waals surface area contributed by atoms with Crippen LogP contribution in [0.1, 0.15) is 10.4 Å². The van der Waals surface area contributed by atoms with Gasteiger partial charge in [-0.1, -0.05) is 29.5 Å². The number of carbonyl (C=O) groups excluding carboxylic acids is 1. The molecule has 0 fully saturated rings. The van der Waals surface area contributed by atoms with Gasteiger partial charge in [-0.2, -0.15) is 0 Å². The highest BCUT2D eigenvalue weighted by atomic mass is 35.5. The second-order valence-corrected chi connectivity index (χ2v) is 7.73. The quantitative estimate of drug-likeness (QED) is 0.375. The lowest BCUT2D eigenvalue weighted by molar-refractivity contribution is -0.588. The number of thioether (sulfide) groups is 1. The van der Waals surface area contributed by atoms with Crippen molar-refractivity contribution in [3.05, 3.63) is 58.3 Å². The van der Waals surface area contributed by atoms with Crippen LogP contribution in [0.2, 0.25) is 0 Å². The van der Waals surface area contributed by atoms with Gasteiger partial charge in [-0.05, 0) is 30.3 Å². The number of phenolic OH excluding ortho intramolecular Hbond substituents is 2. The molecule has 8 heteroatoms. The highest BCUT2D eigenvalue weighted by molar-refractivity contribution is 8.05. The number of aromatic hydroxyl groups is 2. The van der Waals surface area contributed by atoms with Crippen LogP contribution >= 0.6 is 23.1 Å². The molecule has 2 N–H and O–H groups in total. The molecule has 1 aliphatic heterocycles. The third kappa shape index (κ3) is 3.41. The van der Waals surface area contributed by atoms with Gasteiger partial charge in [0.2, 0.25) is 5.69 Å². The number of phenols is 2. The Hall–Kier alpha value is -2.48. The van der Waals surface area contributed by atoms with Crippen LogP contribution in [0.25, 0.3) is 17.3 Å². The Bertz CT molecular complexity index is 1060. The number of fused-ring (bicyclic) bond motifs is 1. The molecule has 3 aromatic rings. The molecule has 2 heterocycles. The van der Waals surface area contributed by atoms with E-state index in [9.17, 15) is 15.0 Å². The summed E-state index contributed by atoms with van der Waals surface area (Å²) in [5.74, 6) is 0.172. The zero-order valence-electron chi connectivity index (χ0n) is 14.0. The van der Waals surface area contributed by atoms with Gasteiger partial charge in [0, 0.05) is 17.3 Å². The zero-order chi connectivity index (χ0) is 18.3. The van der Waals surface area contributed by atoms with Crippen LogP contribution in [-0.2, 0) is 0 Å². The summed E-state index contributed by atoms with van der Waals surface area (Å²) in [5.41, 5.74) is 2.18. The van der Waals surface area contributed by atoms with Crippen molar-refractivity contribution >= 4 is 35.1 Å². The van der Waals surface area contributed by atoms with E-state index in [-0.39, 0.29) is 29.8 Å². The molecule has 4 rings (SSSR count). The fraction of sp³-hybridized carbons (Fsp3) is 0.0526. The van der Waals surface area contributed by atoms with E-state index < -0.39 is 0 Å². The molecular weight excluding hydrogens is 406 g/mol. The number of methoxy groups -OCH3 is 1. The number of ether oxygens (including phenoxy) is 1. The molecule has 138 valence electrons. The number of allylic oxidation sites excluding steroid dienone is 1. The van der Waals surface area contributed by atoms with Crippen molar-refractivity contribution in [1.82, 2.24) is 0 Å². The van der Waals surface area contributed by atoms with Gasteiger partial charge in [0.15, 0.2) is 11.5 Å². The summed E-state index contributed by atoms with van der Waals surface area (Å²) < 4.78 is 7.82. The van der Waals surface area contributed by atoms with Gasteiger partial charge in [-0.15, -0.1) is 4.57 Å². The Balaban J connectivity index is 0.00000210. The van der Waals surface area contributed by atoms with Crippen LogP contribution in [0.5, 0.6) is 17.2 Å². The predicted octanol–water partition coefficient (Wildman–Crippen LogP) is 0.913. The number of hydrogen-bond donors (Lipinski definition) is 2. The third-order valence-electron chi connectivity index (χ3n) is 4.00. The van der Waals surface area contributed by atoms with Crippen LogP contribution < -0.4 is 21.7 Å². The molecular formula is C19H14ClNO4S2. The van der Waals surface area contributed by atoms with E-state index >= 15 is 0 Å². The number of carbonyl (C=O) groups is 1. The smallest absolute Gasteiger partial charge is 0.433 e. The molecule has 2 aromatic carbocycles. The highest BCUT2D eigenvalue weighted by Gasteiger charge is 2.41. The van der Waals surface area contributed by atoms with Gasteiger partial charge in [-0.25, -0.2) is 4.79 Å². The first-order valence-corrected chi connectivity index (χ1v) is 9.41. The number of aromatic nitrogens is 1. The molecule has 0 spiro atoms. The molecule has 27 heavy (non-hydrogen) atoms. The van der Waals surface area contributed by atoms with Crippen molar-refractivity contribution in [3.63, 3.8) is 0 Å². The second kappa shape index (κ2) is 7.64. The molecule has 1 aromatic heterocycles. The van der Waals surface area contributed by atoms with E-state index in [1.807, 2.05) is 35.7 Å². The number of para-hydroxylation sites is 1. The highest BCUT2D eigenvalue weighted by Crippen LogP contribution is 2.39. The van der Waals surface area contributed by atoms with Crippen LogP contribution in [0, 0.1) is 0 Å². The summed E-state index contributed by atoms with van der Waals surface area (Å²) in [5, 5.41) is 21.1. The number of thiazole rings is 1. The molecule has 0 radical (unpaired) electrons. The summed E-state index contributed by atoms with van der Waals surface area (Å²) >= 11 is 2.87. The fourth-order valence-corrected chi connectivity index (χ4v) is 4.89. The summed E-state index contributed by atoms with van der Waals surface area (Å²) in [6.07, 6.45) is 1.82. The Labute approximate surface area is 170 Å². The molecule has 5 nitrogen and oxygen atoms in total. The molecule has 0 aliphatic carbocycles. The number of rotatable bonds is 3. The first-order chi connectivity index (χ1) is 12.6. The van der Waals surface area contributed by atoms with E-state index in [0.717, 1.165) is 9.90 Å². The maximum absolute atomic E-state index is 12.9. The number of nitrogens with zero attached hydrogens (tertiary/aromatic N) is 1. The average Bonchev–Trinajstić information content (AvgIpc) is 3.19. The number of benzene rings is 2. The van der Waals surface area contributed by atoms with Crippen molar-refractivity contribution in [2.75, 3.05) is 7.11 Å². The monoisotopic (exact) mass is 419 g/mol. The molecule has 0 unspecified atom stereocenters. The van der Waals surface area contributed by atoms with Crippen molar-refractivity contribution < 1.29 is 36.7 Å². The molecule has 0 bridgehead atoms. The summed E-state index contributed by atoms with van der Waals surface area (Å²) in [7, 11) is 1.60. The standard InChI is InChI=1S/C19H13NO4S2.ClH/c1-24-16-5-3-2-4-12(16)9-17-18(23)20-13(10-25-19(20)26-17)11-6-7-14(21)15(22)8-11;/h2-10H,1H3,(H-,21,22);1H.